The molecule has 0 spiro atoms. The summed E-state index contributed by atoms with van der Waals surface area (Å²) in [5.41, 5.74) is 0. The Morgan fingerprint density at radius 1 is 1.11 bits per heavy atom. The predicted molar refractivity (Wildman–Crippen MR) is 37.9 cm³/mol. The number of nitrogens with one attached hydrogen (secondary N) is 1. The first-order valence-electron chi connectivity index (χ1n) is 3.68. The standard InChI is InChI=1S/C6H11NOS/c1-2-5(1)9(7-8-9)6-3-4-6/h5-7H,1-4H2. The maximum absolute atomic E-state index is 5.38. The summed E-state index contributed by atoms with van der Waals surface area (Å²) in [6, 6.07) is 0. The zero-order valence-corrected chi connectivity index (χ0v) is 6.12. The second-order valence-corrected chi connectivity index (χ2v) is 6.17. The molecule has 2 aliphatic carbocycles. The SMILES string of the molecule is C1CC1S1(C2CC2)NO1. The first-order valence-corrected chi connectivity index (χ1v) is 5.36. The summed E-state index contributed by atoms with van der Waals surface area (Å²) in [5.74, 6) is 0. The lowest BCUT2D eigenvalue weighted by Crippen LogP contribution is -1.97. The van der Waals surface area contributed by atoms with Gasteiger partial charge in [0.2, 0.25) is 0 Å². The van der Waals surface area contributed by atoms with Crippen LogP contribution in [0.4, 0.5) is 0 Å². The summed E-state index contributed by atoms with van der Waals surface area (Å²) >= 11 is 0. The average molecular weight is 145 g/mol. The maximum atomic E-state index is 5.38. The Morgan fingerprint density at radius 2 is 1.56 bits per heavy atom. The summed E-state index contributed by atoms with van der Waals surface area (Å²) in [5, 5.41) is 1.93. The lowest BCUT2D eigenvalue weighted by Gasteiger charge is -2.09. The molecule has 0 bridgehead atoms. The molecule has 3 aliphatic rings. The van der Waals surface area contributed by atoms with Gasteiger partial charge in [0, 0.05) is 10.5 Å². The molecular formula is C6H11NOS. The molecule has 2 nitrogen and oxygen atoms in total. The quantitative estimate of drug-likeness (QED) is 0.597. The number of rotatable bonds is 2. The van der Waals surface area contributed by atoms with Crippen molar-refractivity contribution in [3.63, 3.8) is 0 Å². The lowest BCUT2D eigenvalue weighted by molar-refractivity contribution is 0.467. The van der Waals surface area contributed by atoms with Gasteiger partial charge in [-0.15, -0.1) is 4.89 Å². The molecule has 1 aliphatic heterocycles. The van der Waals surface area contributed by atoms with Crippen LogP contribution in [0.3, 0.4) is 0 Å². The molecule has 0 aromatic heterocycles. The highest BCUT2D eigenvalue weighted by Gasteiger charge is 2.60. The smallest absolute Gasteiger partial charge is 0.0271 e. The minimum absolute atomic E-state index is 0.593. The monoisotopic (exact) mass is 145 g/mol. The number of hydrogen-bond donors (Lipinski definition) is 1. The molecule has 1 saturated heterocycles. The van der Waals surface area contributed by atoms with Gasteiger partial charge in [-0.1, -0.05) is 0 Å². The Balaban J connectivity index is 1.82. The molecule has 1 heterocycles. The highest BCUT2D eigenvalue weighted by atomic mass is 32.3. The van der Waals surface area contributed by atoms with Gasteiger partial charge >= 0.3 is 0 Å². The molecular weight excluding hydrogens is 134 g/mol. The lowest BCUT2D eigenvalue weighted by atomic mass is 10.9. The van der Waals surface area contributed by atoms with Crippen LogP contribution in [-0.4, -0.2) is 10.5 Å². The maximum Gasteiger partial charge on any atom is 0.0271 e. The van der Waals surface area contributed by atoms with Gasteiger partial charge in [-0.3, -0.25) is 0 Å². The zero-order chi connectivity index (χ0) is 5.90. The Labute approximate surface area is 56.6 Å². The van der Waals surface area contributed by atoms with Crippen molar-refractivity contribution < 1.29 is 4.28 Å². The zero-order valence-electron chi connectivity index (χ0n) is 5.30. The van der Waals surface area contributed by atoms with Crippen molar-refractivity contribution in [1.82, 2.24) is 4.89 Å². The molecule has 3 fully saturated rings. The van der Waals surface area contributed by atoms with Gasteiger partial charge in [0.1, 0.15) is 0 Å². The van der Waals surface area contributed by atoms with E-state index in [1.165, 1.54) is 25.7 Å². The molecule has 3 rings (SSSR count). The van der Waals surface area contributed by atoms with Crippen molar-refractivity contribution in [1.29, 1.82) is 0 Å². The van der Waals surface area contributed by atoms with Gasteiger partial charge in [0.25, 0.3) is 0 Å². The van der Waals surface area contributed by atoms with E-state index >= 15 is 0 Å². The normalized spacial score (nSPS) is 42.2. The molecule has 0 amide bonds. The van der Waals surface area contributed by atoms with Crippen LogP contribution in [0.25, 0.3) is 0 Å². The third-order valence-electron chi connectivity index (χ3n) is 2.31. The molecule has 9 heavy (non-hydrogen) atoms. The fraction of sp³-hybridized carbons (Fsp3) is 1.00. The largest absolute Gasteiger partial charge is 0.226 e. The van der Waals surface area contributed by atoms with Crippen molar-refractivity contribution in [3.8, 4) is 0 Å². The molecule has 52 valence electrons. The molecule has 2 saturated carbocycles. The first-order chi connectivity index (χ1) is 4.42. The Bertz CT molecular complexity index is 135. The minimum Gasteiger partial charge on any atom is -0.226 e. The van der Waals surface area contributed by atoms with Crippen molar-refractivity contribution in [2.45, 2.75) is 36.2 Å². The van der Waals surface area contributed by atoms with Crippen LogP contribution in [0.5, 0.6) is 0 Å². The third-order valence-corrected chi connectivity index (χ3v) is 5.79. The van der Waals surface area contributed by atoms with E-state index in [-0.39, 0.29) is 0 Å². The fourth-order valence-corrected chi connectivity index (χ4v) is 4.50. The van der Waals surface area contributed by atoms with Crippen LogP contribution in [0, 0.1) is 0 Å². The van der Waals surface area contributed by atoms with E-state index in [9.17, 15) is 0 Å². The number of hydrogen-bond acceptors (Lipinski definition) is 2. The predicted octanol–water partition coefficient (Wildman–Crippen LogP) is 1.48. The van der Waals surface area contributed by atoms with E-state index in [0.29, 0.717) is 0 Å². The molecule has 3 heteroatoms. The van der Waals surface area contributed by atoms with Crippen molar-refractivity contribution in [2.75, 3.05) is 0 Å². The van der Waals surface area contributed by atoms with Crippen LogP contribution in [0.15, 0.2) is 0 Å². The fourth-order valence-electron chi connectivity index (χ4n) is 1.42. The van der Waals surface area contributed by atoms with Gasteiger partial charge < -0.3 is 0 Å². The molecule has 0 unspecified atom stereocenters. The van der Waals surface area contributed by atoms with E-state index in [4.69, 9.17) is 4.28 Å². The first kappa shape index (κ1) is 4.99. The topological polar surface area (TPSA) is 34.5 Å². The van der Waals surface area contributed by atoms with Crippen molar-refractivity contribution in [2.24, 2.45) is 0 Å². The Hall–Kier alpha value is 0.270. The van der Waals surface area contributed by atoms with Gasteiger partial charge in [-0.2, -0.15) is 0 Å². The minimum atomic E-state index is -0.593. The molecule has 0 radical (unpaired) electrons. The summed E-state index contributed by atoms with van der Waals surface area (Å²) in [6.07, 6.45) is 5.72. The van der Waals surface area contributed by atoms with Crippen LogP contribution in [-0.2, 0) is 4.28 Å². The van der Waals surface area contributed by atoms with Crippen LogP contribution < -0.4 is 4.89 Å². The van der Waals surface area contributed by atoms with Crippen LogP contribution in [0.1, 0.15) is 25.7 Å². The summed E-state index contributed by atoms with van der Waals surface area (Å²) in [4.78, 5) is 3.16. The molecule has 0 aromatic carbocycles. The summed E-state index contributed by atoms with van der Waals surface area (Å²) in [7, 11) is -0.593. The Morgan fingerprint density at radius 3 is 1.78 bits per heavy atom. The second-order valence-electron chi connectivity index (χ2n) is 3.21. The van der Waals surface area contributed by atoms with E-state index in [0.717, 1.165) is 10.5 Å². The van der Waals surface area contributed by atoms with Gasteiger partial charge in [-0.05, 0) is 36.2 Å². The van der Waals surface area contributed by atoms with Gasteiger partial charge in [-0.25, -0.2) is 4.28 Å². The highest BCUT2D eigenvalue weighted by Crippen LogP contribution is 2.76. The second kappa shape index (κ2) is 1.31. The molecule has 0 aromatic rings. The van der Waals surface area contributed by atoms with Crippen molar-refractivity contribution >= 4 is 10.5 Å². The summed E-state index contributed by atoms with van der Waals surface area (Å²) < 4.78 is 5.38. The van der Waals surface area contributed by atoms with Crippen LogP contribution in [0.2, 0.25) is 0 Å². The van der Waals surface area contributed by atoms with E-state index in [1.807, 2.05) is 0 Å². The average Bonchev–Trinajstić information content (AvgIpc) is 2.67. The van der Waals surface area contributed by atoms with Gasteiger partial charge in [0.05, 0.1) is 0 Å². The summed E-state index contributed by atoms with van der Waals surface area (Å²) in [6.45, 7) is 0. The van der Waals surface area contributed by atoms with Crippen molar-refractivity contribution in [3.05, 3.63) is 0 Å². The third kappa shape index (κ3) is 0.600. The van der Waals surface area contributed by atoms with Crippen LogP contribution >= 0.6 is 10.5 Å². The van der Waals surface area contributed by atoms with E-state index in [1.54, 1.807) is 0 Å². The van der Waals surface area contributed by atoms with E-state index < -0.39 is 10.5 Å². The van der Waals surface area contributed by atoms with E-state index in [2.05, 4.69) is 4.89 Å². The molecule has 1 N–H and O–H groups in total. The molecule has 0 atom stereocenters. The Kier molecular flexibility index (Phi) is 0.726. The highest BCUT2D eigenvalue weighted by molar-refractivity contribution is 8.33. The van der Waals surface area contributed by atoms with Gasteiger partial charge in [0.15, 0.2) is 0 Å².